The molecule has 0 unspecified atom stereocenters. The van der Waals surface area contributed by atoms with Gasteiger partial charge in [0.1, 0.15) is 0 Å². The molecule has 0 aliphatic heterocycles. The first-order valence-corrected chi connectivity index (χ1v) is 8.38. The Bertz CT molecular complexity index is 373. The molecular weight excluding hydrogens is 367 g/mol. The number of allylic oxidation sites excluding steroid dienone is 8. The minimum Gasteiger partial charge on any atom is -1.00 e. The van der Waals surface area contributed by atoms with Crippen LogP contribution < -0.4 is 12.4 Å². The van der Waals surface area contributed by atoms with Gasteiger partial charge in [0, 0.05) is 26.2 Å². The number of hydrogen-bond donors (Lipinski definition) is 0. The normalized spacial score (nSPS) is 15.5. The van der Waals surface area contributed by atoms with Crippen LogP contribution in [0.2, 0.25) is 0 Å². The van der Waals surface area contributed by atoms with Crippen molar-refractivity contribution in [3.05, 3.63) is 46.6 Å². The second kappa shape index (κ2) is 14.7. The first kappa shape index (κ1) is 24.4. The monoisotopic (exact) mass is 397 g/mol. The third-order valence-corrected chi connectivity index (χ3v) is 3.87. The molecule has 0 spiro atoms. The summed E-state index contributed by atoms with van der Waals surface area (Å²) in [6.07, 6.45) is 19.6. The van der Waals surface area contributed by atoms with E-state index in [0.29, 0.717) is 0 Å². The van der Waals surface area contributed by atoms with Crippen LogP contribution in [0.25, 0.3) is 0 Å². The van der Waals surface area contributed by atoms with Crippen molar-refractivity contribution in [3.63, 3.8) is 0 Å². The molecule has 0 nitrogen and oxygen atoms in total. The van der Waals surface area contributed by atoms with E-state index in [1.54, 1.807) is 11.1 Å². The van der Waals surface area contributed by atoms with Crippen molar-refractivity contribution in [2.24, 2.45) is 0 Å². The summed E-state index contributed by atoms with van der Waals surface area (Å²) < 4.78 is 0. The van der Waals surface area contributed by atoms with Gasteiger partial charge in [0.05, 0.1) is 0 Å². The Hall–Kier alpha value is 0.133. The minimum atomic E-state index is 0. The molecule has 2 aliphatic carbocycles. The zero-order valence-electron chi connectivity index (χ0n) is 14.8. The molecule has 0 saturated heterocycles. The molecule has 0 aromatic carbocycles. The third-order valence-electron chi connectivity index (χ3n) is 3.87. The predicted octanol–water partition coefficient (Wildman–Crippen LogP) is 3.91. The van der Waals surface area contributed by atoms with E-state index in [-0.39, 0.29) is 38.6 Å². The Balaban J connectivity index is 0. The van der Waals surface area contributed by atoms with Crippen LogP contribution >= 0.6 is 0 Å². The predicted molar refractivity (Wildman–Crippen MR) is 92.0 cm³/mol. The molecule has 0 aromatic heterocycles. The number of halogens is 1. The van der Waals surface area contributed by atoms with Crippen molar-refractivity contribution >= 4 is 0 Å². The SMILES string of the molecule is CCCCC1=CCC(C)=C1.CCCCC1=CCC(C)=C1.[Cl-].[Zr]. The molecule has 0 atom stereocenters. The van der Waals surface area contributed by atoms with Crippen LogP contribution in [-0.4, -0.2) is 0 Å². The molecule has 0 radical (unpaired) electrons. The topological polar surface area (TPSA) is 0 Å². The largest absolute Gasteiger partial charge is 1.00 e. The van der Waals surface area contributed by atoms with E-state index >= 15 is 0 Å². The summed E-state index contributed by atoms with van der Waals surface area (Å²) in [5.41, 5.74) is 6.15. The van der Waals surface area contributed by atoms with Gasteiger partial charge in [-0.15, -0.1) is 0 Å². The quantitative estimate of drug-likeness (QED) is 0.636. The summed E-state index contributed by atoms with van der Waals surface area (Å²) in [5.74, 6) is 0. The second-order valence-corrected chi connectivity index (χ2v) is 6.15. The van der Waals surface area contributed by atoms with Crippen molar-refractivity contribution in [2.75, 3.05) is 0 Å². The smallest absolute Gasteiger partial charge is 0 e. The Morgan fingerprint density at radius 3 is 1.36 bits per heavy atom. The Labute approximate surface area is 163 Å². The maximum Gasteiger partial charge on any atom is 0 e. The zero-order valence-corrected chi connectivity index (χ0v) is 18.1. The average Bonchev–Trinajstić information content (AvgIpc) is 3.03. The van der Waals surface area contributed by atoms with Gasteiger partial charge < -0.3 is 12.4 Å². The number of rotatable bonds is 6. The van der Waals surface area contributed by atoms with Crippen molar-refractivity contribution in [1.82, 2.24) is 0 Å². The van der Waals surface area contributed by atoms with Crippen LogP contribution in [-0.2, 0) is 26.2 Å². The molecule has 2 heteroatoms. The van der Waals surface area contributed by atoms with E-state index in [1.807, 2.05) is 0 Å². The molecule has 0 fully saturated rings. The van der Waals surface area contributed by atoms with Crippen molar-refractivity contribution < 1.29 is 38.6 Å². The zero-order chi connectivity index (χ0) is 14.8. The van der Waals surface area contributed by atoms with Crippen LogP contribution in [0.5, 0.6) is 0 Å². The fourth-order valence-corrected chi connectivity index (χ4v) is 2.56. The Morgan fingerprint density at radius 2 is 1.14 bits per heavy atom. The molecule has 0 aromatic rings. The standard InChI is InChI=1S/2C10H16.ClH.Zr/c2*1-3-4-5-10-7-6-9(2)8-10;;/h2*7-8H,3-6H2,1-2H3;1H;/p-1. The molecule has 124 valence electrons. The first-order chi connectivity index (χ1) is 9.65. The average molecular weight is 399 g/mol. The molecule has 0 saturated carbocycles. The van der Waals surface area contributed by atoms with Crippen molar-refractivity contribution in [3.8, 4) is 0 Å². The molecule has 22 heavy (non-hydrogen) atoms. The molecule has 2 rings (SSSR count). The maximum absolute atomic E-state index is 2.35. The van der Waals surface area contributed by atoms with Gasteiger partial charge in [-0.1, -0.05) is 73.3 Å². The van der Waals surface area contributed by atoms with Crippen LogP contribution in [0.4, 0.5) is 0 Å². The molecule has 0 heterocycles. The van der Waals surface area contributed by atoms with Crippen LogP contribution in [0.1, 0.15) is 79.1 Å². The maximum atomic E-state index is 2.35. The Morgan fingerprint density at radius 1 is 0.773 bits per heavy atom. The molecule has 2 aliphatic rings. The third kappa shape index (κ3) is 10.8. The van der Waals surface area contributed by atoms with Gasteiger partial charge in [0.2, 0.25) is 0 Å². The van der Waals surface area contributed by atoms with Crippen LogP contribution in [0.15, 0.2) is 46.6 Å². The van der Waals surface area contributed by atoms with Crippen molar-refractivity contribution in [1.29, 1.82) is 0 Å². The second-order valence-electron chi connectivity index (χ2n) is 6.15. The summed E-state index contributed by atoms with van der Waals surface area (Å²) in [7, 11) is 0. The van der Waals surface area contributed by atoms with E-state index in [0.717, 1.165) is 0 Å². The fraction of sp³-hybridized carbons (Fsp3) is 0.600. The van der Waals surface area contributed by atoms with Gasteiger partial charge in [-0.05, 0) is 52.4 Å². The summed E-state index contributed by atoms with van der Waals surface area (Å²) in [6, 6.07) is 0. The number of unbranched alkanes of at least 4 members (excludes halogenated alkanes) is 2. The van der Waals surface area contributed by atoms with Crippen LogP contribution in [0.3, 0.4) is 0 Å². The molecule has 0 bridgehead atoms. The van der Waals surface area contributed by atoms with Gasteiger partial charge in [0.25, 0.3) is 0 Å². The number of hydrogen-bond acceptors (Lipinski definition) is 0. The van der Waals surface area contributed by atoms with Gasteiger partial charge in [-0.2, -0.15) is 0 Å². The molecule has 0 amide bonds. The molecule has 0 N–H and O–H groups in total. The summed E-state index contributed by atoms with van der Waals surface area (Å²) >= 11 is 0. The van der Waals surface area contributed by atoms with E-state index in [4.69, 9.17) is 0 Å². The van der Waals surface area contributed by atoms with Gasteiger partial charge in [-0.3, -0.25) is 0 Å². The summed E-state index contributed by atoms with van der Waals surface area (Å²) in [5, 5.41) is 0. The van der Waals surface area contributed by atoms with Gasteiger partial charge >= 0.3 is 0 Å². The van der Waals surface area contributed by atoms with Crippen LogP contribution in [0, 0.1) is 0 Å². The van der Waals surface area contributed by atoms with E-state index in [2.05, 4.69) is 52.0 Å². The van der Waals surface area contributed by atoms with E-state index in [9.17, 15) is 0 Å². The summed E-state index contributed by atoms with van der Waals surface area (Å²) in [6.45, 7) is 8.89. The van der Waals surface area contributed by atoms with Gasteiger partial charge in [0.15, 0.2) is 0 Å². The first-order valence-electron chi connectivity index (χ1n) is 8.38. The summed E-state index contributed by atoms with van der Waals surface area (Å²) in [4.78, 5) is 0. The van der Waals surface area contributed by atoms with Gasteiger partial charge in [-0.25, -0.2) is 0 Å². The van der Waals surface area contributed by atoms with Crippen molar-refractivity contribution in [2.45, 2.75) is 79.1 Å². The Kier molecular flexibility index (Phi) is 16.3. The minimum absolute atomic E-state index is 0. The van der Waals surface area contributed by atoms with E-state index < -0.39 is 0 Å². The van der Waals surface area contributed by atoms with E-state index in [1.165, 1.54) is 62.5 Å². The molecular formula is C20H32ClZr-. The fourth-order valence-electron chi connectivity index (χ4n) is 2.56.